The zero-order chi connectivity index (χ0) is 61.4. The van der Waals surface area contributed by atoms with Gasteiger partial charge in [-0.25, -0.2) is 0 Å². The summed E-state index contributed by atoms with van der Waals surface area (Å²) in [7, 11) is 0. The van der Waals surface area contributed by atoms with Crippen molar-refractivity contribution in [2.45, 2.75) is 292 Å². The third kappa shape index (κ3) is 34.4. The Balaban J connectivity index is 1.56. The molecule has 3 rings (SSSR count). The molecule has 0 bridgehead atoms. The molecule has 0 spiro atoms. The van der Waals surface area contributed by atoms with Crippen LogP contribution in [0.25, 0.3) is 0 Å². The minimum Gasteiger partial charge on any atom is -0.394 e. The van der Waals surface area contributed by atoms with E-state index in [1.165, 1.54) is 154 Å². The van der Waals surface area contributed by atoms with Crippen molar-refractivity contribution in [1.82, 2.24) is 0 Å². The summed E-state index contributed by atoms with van der Waals surface area (Å²) in [6, 6.07) is 0. The Bertz CT molecular complexity index is 1460. The number of hydrogen-bond donors (Lipinski definition) is 9. The predicted molar refractivity (Wildman–Crippen MR) is 319 cm³/mol. The zero-order valence-corrected chi connectivity index (χ0v) is 52.5. The van der Waals surface area contributed by atoms with Crippen molar-refractivity contribution in [3.05, 3.63) is 0 Å². The van der Waals surface area contributed by atoms with E-state index < -0.39 is 105 Å². The summed E-state index contributed by atoms with van der Waals surface area (Å²) in [6.45, 7) is 4.97. The third-order valence-corrected chi connectivity index (χ3v) is 16.0. The maximum absolute atomic E-state index is 12.0. The molecule has 3 aliphatic heterocycles. The lowest BCUT2D eigenvalue weighted by molar-refractivity contribution is -0.382. The number of hydrogen-bond acceptors (Lipinski definition) is 22. The van der Waals surface area contributed by atoms with Crippen molar-refractivity contribution < 1.29 is 108 Å². The van der Waals surface area contributed by atoms with Crippen LogP contribution in [0.15, 0.2) is 0 Å². The van der Waals surface area contributed by atoms with Crippen LogP contribution in [-0.2, 0) is 61.6 Å². The van der Waals surface area contributed by atoms with Gasteiger partial charge in [-0.1, -0.05) is 181 Å². The largest absolute Gasteiger partial charge is 0.394 e. The minimum absolute atomic E-state index is 0.137. The Kier molecular flexibility index (Phi) is 48.6. The second-order valence-electron chi connectivity index (χ2n) is 23.3. The van der Waals surface area contributed by atoms with Gasteiger partial charge in [0.2, 0.25) is 0 Å². The standard InChI is InChI=1S/C63H122O22/c1-3-5-7-9-11-13-15-17-19-21-23-25-27-29-35-74-42-44-77-46-49-52(67)53(68)60(80-41-34-66)63(82-49)84-57-50(47-76-38-31-37-73-39-32-64)83-62(55(70)54(57)69)85-58-51(81-61(72)56(71)59(58)79-40-33-65)48-78-45-43-75-36-30-28-26-24-22-20-18-16-14-12-10-8-6-4-2/h49-72H,3-48H2,1-2H3/t49?,50?,51?,52-,53+,54-,55+,56+,57-,58-,59-,60+,61?,62?,63?/m1/s1. The Morgan fingerprint density at radius 2 is 0.624 bits per heavy atom. The van der Waals surface area contributed by atoms with E-state index >= 15 is 0 Å². The van der Waals surface area contributed by atoms with E-state index in [1.54, 1.807) is 0 Å². The zero-order valence-electron chi connectivity index (χ0n) is 52.5. The lowest BCUT2D eigenvalue weighted by Gasteiger charge is -2.49. The van der Waals surface area contributed by atoms with Gasteiger partial charge in [-0.3, -0.25) is 0 Å². The fourth-order valence-electron chi connectivity index (χ4n) is 11.0. The van der Waals surface area contributed by atoms with Gasteiger partial charge in [-0.2, -0.15) is 0 Å². The maximum atomic E-state index is 12.0. The van der Waals surface area contributed by atoms with Crippen LogP contribution < -0.4 is 0 Å². The highest BCUT2D eigenvalue weighted by Crippen LogP contribution is 2.34. The minimum atomic E-state index is -1.87. The van der Waals surface area contributed by atoms with E-state index in [4.69, 9.17) is 66.7 Å². The van der Waals surface area contributed by atoms with Crippen LogP contribution in [0.2, 0.25) is 0 Å². The first kappa shape index (κ1) is 78.4. The summed E-state index contributed by atoms with van der Waals surface area (Å²) in [5.74, 6) is 0. The average Bonchev–Trinajstić information content (AvgIpc) is 3.46. The molecule has 0 aromatic heterocycles. The van der Waals surface area contributed by atoms with Crippen LogP contribution >= 0.6 is 0 Å². The predicted octanol–water partition coefficient (Wildman–Crippen LogP) is 5.93. The molecule has 3 saturated heterocycles. The Labute approximate surface area is 510 Å². The summed E-state index contributed by atoms with van der Waals surface area (Å²) < 4.78 is 77.3. The molecule has 0 radical (unpaired) electrons. The van der Waals surface area contributed by atoms with Crippen LogP contribution in [0.5, 0.6) is 0 Å². The average molecular weight is 1230 g/mol. The van der Waals surface area contributed by atoms with Crippen molar-refractivity contribution in [3.8, 4) is 0 Å². The Hall–Kier alpha value is -0.880. The van der Waals surface area contributed by atoms with E-state index in [0.717, 1.165) is 25.7 Å². The van der Waals surface area contributed by atoms with E-state index in [2.05, 4.69) is 13.8 Å². The molecule has 0 saturated carbocycles. The third-order valence-electron chi connectivity index (χ3n) is 16.0. The highest BCUT2D eigenvalue weighted by atomic mass is 16.8. The number of unbranched alkanes of at least 4 members (excludes halogenated alkanes) is 26. The number of aliphatic hydroxyl groups is 9. The smallest absolute Gasteiger partial charge is 0.187 e. The molecule has 6 unspecified atom stereocenters. The first-order valence-corrected chi connectivity index (χ1v) is 33.5. The van der Waals surface area contributed by atoms with E-state index in [9.17, 15) is 40.9 Å². The molecular weight excluding hydrogens is 1110 g/mol. The van der Waals surface area contributed by atoms with Gasteiger partial charge in [0, 0.05) is 26.4 Å². The fourth-order valence-corrected chi connectivity index (χ4v) is 11.0. The normalized spacial score (nSPS) is 28.2. The van der Waals surface area contributed by atoms with E-state index in [1.807, 2.05) is 0 Å². The quantitative estimate of drug-likeness (QED) is 0.0319. The SMILES string of the molecule is CCCCCCCCCCCCCCCCOCCOCC1OC(O[C@@H]2C(COCCCOCCO)OC(O[C@@H]3C(COCCOCCCCCCCCCCCCCCCC)OC(O)[C@@H](O)[C@H]3OCCO)[C@@H](O)[C@H]2O)[C@@H](OCCO)[C@@H](O)[C@@H]1O. The van der Waals surface area contributed by atoms with Crippen LogP contribution in [-0.4, -0.2) is 250 Å². The monoisotopic (exact) mass is 1230 g/mol. The molecule has 9 N–H and O–H groups in total. The molecule has 85 heavy (non-hydrogen) atoms. The van der Waals surface area contributed by atoms with E-state index in [0.29, 0.717) is 26.2 Å². The molecule has 0 aliphatic carbocycles. The molecule has 15 atom stereocenters. The van der Waals surface area contributed by atoms with Gasteiger partial charge in [-0.05, 0) is 19.3 Å². The maximum Gasteiger partial charge on any atom is 0.187 e. The molecule has 506 valence electrons. The molecule has 3 fully saturated rings. The summed E-state index contributed by atoms with van der Waals surface area (Å²) in [5, 5.41) is 96.8. The van der Waals surface area contributed by atoms with Gasteiger partial charge in [0.05, 0.1) is 85.9 Å². The van der Waals surface area contributed by atoms with Crippen molar-refractivity contribution in [2.75, 3.05) is 112 Å². The van der Waals surface area contributed by atoms with Crippen LogP contribution in [0.1, 0.15) is 200 Å². The molecular formula is C63H122O22. The van der Waals surface area contributed by atoms with Gasteiger partial charge in [0.25, 0.3) is 0 Å². The van der Waals surface area contributed by atoms with Crippen LogP contribution in [0.4, 0.5) is 0 Å². The summed E-state index contributed by atoms with van der Waals surface area (Å²) in [4.78, 5) is 0. The van der Waals surface area contributed by atoms with Gasteiger partial charge in [0.1, 0.15) is 73.2 Å². The van der Waals surface area contributed by atoms with Crippen molar-refractivity contribution >= 4 is 0 Å². The lowest BCUT2D eigenvalue weighted by Crippen LogP contribution is -2.67. The Morgan fingerprint density at radius 3 is 1.11 bits per heavy atom. The highest BCUT2D eigenvalue weighted by Gasteiger charge is 2.54. The molecule has 3 aliphatic rings. The van der Waals surface area contributed by atoms with Gasteiger partial charge in [-0.15, -0.1) is 0 Å². The van der Waals surface area contributed by atoms with Crippen molar-refractivity contribution in [3.63, 3.8) is 0 Å². The molecule has 0 amide bonds. The first-order valence-electron chi connectivity index (χ1n) is 33.5. The number of rotatable bonds is 58. The second-order valence-corrected chi connectivity index (χ2v) is 23.3. The van der Waals surface area contributed by atoms with Crippen LogP contribution in [0, 0.1) is 0 Å². The van der Waals surface area contributed by atoms with Crippen molar-refractivity contribution in [1.29, 1.82) is 0 Å². The number of ether oxygens (including phenoxy) is 13. The first-order chi connectivity index (χ1) is 41.6. The van der Waals surface area contributed by atoms with Crippen molar-refractivity contribution in [2.24, 2.45) is 0 Å². The number of aliphatic hydroxyl groups excluding tert-OH is 9. The van der Waals surface area contributed by atoms with E-state index in [-0.39, 0.29) is 79.3 Å². The molecule has 0 aromatic rings. The topological polar surface area (TPSA) is 302 Å². The molecule has 22 nitrogen and oxygen atoms in total. The summed E-state index contributed by atoms with van der Waals surface area (Å²) in [5.41, 5.74) is 0. The lowest BCUT2D eigenvalue weighted by atomic mass is 9.96. The summed E-state index contributed by atoms with van der Waals surface area (Å²) in [6.07, 6.45) is 13.4. The van der Waals surface area contributed by atoms with Crippen LogP contribution in [0.3, 0.4) is 0 Å². The molecule has 3 heterocycles. The molecule has 0 aromatic carbocycles. The highest BCUT2D eigenvalue weighted by molar-refractivity contribution is 4.97. The van der Waals surface area contributed by atoms with Gasteiger partial charge in [0.15, 0.2) is 18.9 Å². The van der Waals surface area contributed by atoms with Gasteiger partial charge < -0.3 is 108 Å². The second kappa shape index (κ2) is 52.7. The fraction of sp³-hybridized carbons (Fsp3) is 1.00. The van der Waals surface area contributed by atoms with Gasteiger partial charge >= 0.3 is 0 Å². The Morgan fingerprint density at radius 1 is 0.271 bits per heavy atom. The molecule has 22 heteroatoms. The summed E-state index contributed by atoms with van der Waals surface area (Å²) >= 11 is 0.